The lowest BCUT2D eigenvalue weighted by atomic mass is 9.83. The van der Waals surface area contributed by atoms with Crippen LogP contribution in [0.5, 0.6) is 11.5 Å². The Labute approximate surface area is 279 Å². The van der Waals surface area contributed by atoms with E-state index in [-0.39, 0.29) is 24.5 Å². The van der Waals surface area contributed by atoms with Crippen molar-refractivity contribution < 1.29 is 33.6 Å². The van der Waals surface area contributed by atoms with E-state index in [9.17, 15) is 24.1 Å². The molecule has 0 aromatic heterocycles. The summed E-state index contributed by atoms with van der Waals surface area (Å²) in [5.74, 6) is -0.0279. The Balaban J connectivity index is 0.000000134. The van der Waals surface area contributed by atoms with Gasteiger partial charge in [-0.2, -0.15) is 0 Å². The van der Waals surface area contributed by atoms with Crippen LogP contribution in [-0.2, 0) is 0 Å². The molecule has 3 aliphatic carbocycles. The molecule has 6 atom stereocenters. The molecule has 1 aliphatic heterocycles. The minimum Gasteiger partial charge on any atom is -0.454 e. The van der Waals surface area contributed by atoms with Crippen molar-refractivity contribution in [2.45, 2.75) is 52.9 Å². The fourth-order valence-electron chi connectivity index (χ4n) is 5.82. The Morgan fingerprint density at radius 3 is 1.73 bits per heavy atom. The van der Waals surface area contributed by atoms with E-state index >= 15 is 0 Å². The van der Waals surface area contributed by atoms with Gasteiger partial charge < -0.3 is 24.8 Å². The van der Waals surface area contributed by atoms with Crippen molar-refractivity contribution in [2.24, 2.45) is 17.8 Å². The van der Waals surface area contributed by atoms with Crippen LogP contribution in [0.25, 0.3) is 18.2 Å². The van der Waals surface area contributed by atoms with E-state index in [4.69, 9.17) is 9.47 Å². The average molecular weight is 746 g/mol. The molecule has 3 N–H and O–H groups in total. The minimum absolute atomic E-state index is 0.0626. The van der Waals surface area contributed by atoms with Crippen molar-refractivity contribution >= 4 is 50.1 Å². The summed E-state index contributed by atoms with van der Waals surface area (Å²) in [5.41, 5.74) is 7.46. The lowest BCUT2D eigenvalue weighted by molar-refractivity contribution is 0.137. The van der Waals surface area contributed by atoms with Gasteiger partial charge >= 0.3 is 0 Å². The van der Waals surface area contributed by atoms with Gasteiger partial charge in [-0.1, -0.05) is 57.2 Å². The first-order valence-electron chi connectivity index (χ1n) is 14.8. The molecule has 238 valence electrons. The summed E-state index contributed by atoms with van der Waals surface area (Å²) in [6, 6.07) is 5.97. The van der Waals surface area contributed by atoms with E-state index in [1.165, 1.54) is 5.56 Å². The van der Waals surface area contributed by atoms with Gasteiger partial charge in [0.25, 0.3) is 0 Å². The molecule has 4 aliphatic rings. The highest BCUT2D eigenvalue weighted by molar-refractivity contribution is 9.13. The molecule has 9 heteroatoms. The molecule has 3 aromatic carbocycles. The number of rotatable bonds is 0. The maximum atomic E-state index is 12.9. The van der Waals surface area contributed by atoms with E-state index in [1.54, 1.807) is 12.2 Å². The molecule has 3 aromatic rings. The van der Waals surface area contributed by atoms with Crippen molar-refractivity contribution in [1.29, 1.82) is 0 Å². The Morgan fingerprint density at radius 2 is 1.11 bits per heavy atom. The van der Waals surface area contributed by atoms with Crippen LogP contribution in [0, 0.1) is 43.2 Å². The van der Waals surface area contributed by atoms with E-state index < -0.39 is 29.9 Å². The van der Waals surface area contributed by atoms with E-state index in [1.807, 2.05) is 52.0 Å². The number of benzene rings is 3. The summed E-state index contributed by atoms with van der Waals surface area (Å²) in [6.45, 7) is 10.2. The summed E-state index contributed by atoms with van der Waals surface area (Å²) in [7, 11) is 0. The molecule has 0 fully saturated rings. The fourth-order valence-corrected chi connectivity index (χ4v) is 6.84. The molecular formula is C36H36Br2F2O5. The van der Waals surface area contributed by atoms with Gasteiger partial charge in [0.2, 0.25) is 6.79 Å². The van der Waals surface area contributed by atoms with Crippen molar-refractivity contribution in [3.8, 4) is 11.5 Å². The Hall–Kier alpha value is -2.82. The summed E-state index contributed by atoms with van der Waals surface area (Å²) in [5, 5.41) is 30.0. The van der Waals surface area contributed by atoms with Gasteiger partial charge in [-0.25, -0.2) is 8.78 Å². The van der Waals surface area contributed by atoms with Crippen molar-refractivity contribution in [3.05, 3.63) is 108 Å². The van der Waals surface area contributed by atoms with Crippen LogP contribution in [-0.4, -0.2) is 22.1 Å². The summed E-state index contributed by atoms with van der Waals surface area (Å²) in [6.07, 6.45) is 10.1. The third kappa shape index (κ3) is 6.56. The number of ether oxygens (including phenoxy) is 2. The molecule has 7 rings (SSSR count). The van der Waals surface area contributed by atoms with Crippen molar-refractivity contribution in [2.75, 3.05) is 6.79 Å². The second-order valence-corrected chi connectivity index (χ2v) is 13.5. The molecule has 0 saturated carbocycles. The first-order valence-corrected chi connectivity index (χ1v) is 16.4. The third-order valence-corrected chi connectivity index (χ3v) is 11.3. The first-order chi connectivity index (χ1) is 21.3. The number of hydrogen-bond acceptors (Lipinski definition) is 5. The molecule has 45 heavy (non-hydrogen) atoms. The van der Waals surface area contributed by atoms with Crippen LogP contribution in [0.2, 0.25) is 0 Å². The van der Waals surface area contributed by atoms with Gasteiger partial charge in [-0.15, -0.1) is 0 Å². The zero-order valence-corrected chi connectivity index (χ0v) is 28.8. The lowest BCUT2D eigenvalue weighted by Gasteiger charge is -2.27. The zero-order chi connectivity index (χ0) is 32.7. The monoisotopic (exact) mass is 744 g/mol. The highest BCUT2D eigenvalue weighted by atomic mass is 79.9. The van der Waals surface area contributed by atoms with Gasteiger partial charge in [0.05, 0.1) is 18.3 Å². The van der Waals surface area contributed by atoms with Crippen molar-refractivity contribution in [3.63, 3.8) is 0 Å². The molecule has 0 unspecified atom stereocenters. The van der Waals surface area contributed by atoms with E-state index in [0.717, 1.165) is 60.4 Å². The SMILES string of the molecule is C[C@@H]1C=Cc2cc(F)c(F)cc2[C@H]1O.C[C@@H]1C=Cc2cc3c(cc2[C@H]1O)OCO3.Cc1c(Br)c(Br)c(C)c2c1C=C[C@@H](C)[C@@H]2O. The molecule has 1 heterocycles. The molecule has 0 spiro atoms. The van der Waals surface area contributed by atoms with Crippen LogP contribution in [0.3, 0.4) is 0 Å². The summed E-state index contributed by atoms with van der Waals surface area (Å²) in [4.78, 5) is 0. The lowest BCUT2D eigenvalue weighted by Crippen LogP contribution is -2.15. The highest BCUT2D eigenvalue weighted by Gasteiger charge is 2.27. The highest BCUT2D eigenvalue weighted by Crippen LogP contribution is 2.43. The molecule has 0 saturated heterocycles. The van der Waals surface area contributed by atoms with Crippen LogP contribution in [0.1, 0.15) is 83.6 Å². The summed E-state index contributed by atoms with van der Waals surface area (Å²) < 4.78 is 38.4. The second kappa shape index (κ2) is 13.5. The van der Waals surface area contributed by atoms with Gasteiger partial charge in [0.1, 0.15) is 0 Å². The molecule has 0 bridgehead atoms. The largest absolute Gasteiger partial charge is 0.454 e. The standard InChI is InChI=1S/C13H14Br2O.C12H12O3.C11H10F2O/c1-6-4-5-9-7(2)11(14)12(15)8(3)10(9)13(6)16;1-7-2-3-8-4-10-11(15-6-14-10)5-9(8)12(7)13;1-6-2-3-7-4-9(12)10(13)5-8(7)11(6)14/h4-6,13,16H,1-3H3;2-5,7,12-13H,6H2,1H3;2-6,11,14H,1H3/t6-,13+;7-,12+;6-,11+/m111/s1. The normalized spacial score (nSPS) is 24.9. The van der Waals surface area contributed by atoms with Gasteiger partial charge in [0.15, 0.2) is 23.1 Å². The molecule has 5 nitrogen and oxygen atoms in total. The maximum absolute atomic E-state index is 12.9. The number of aliphatic hydroxyl groups excluding tert-OH is 3. The molecule has 0 amide bonds. The number of halogens is 4. The summed E-state index contributed by atoms with van der Waals surface area (Å²) >= 11 is 7.16. The van der Waals surface area contributed by atoms with Crippen LogP contribution in [0.4, 0.5) is 8.78 Å². The van der Waals surface area contributed by atoms with Gasteiger partial charge in [0, 0.05) is 26.7 Å². The number of hydrogen-bond donors (Lipinski definition) is 3. The average Bonchev–Trinajstić information content (AvgIpc) is 3.49. The van der Waals surface area contributed by atoms with Crippen LogP contribution < -0.4 is 9.47 Å². The van der Waals surface area contributed by atoms with Gasteiger partial charge in [-0.3, -0.25) is 0 Å². The number of fused-ring (bicyclic) bond motifs is 4. The quantitative estimate of drug-likeness (QED) is 0.214. The smallest absolute Gasteiger partial charge is 0.231 e. The predicted molar refractivity (Wildman–Crippen MR) is 180 cm³/mol. The Kier molecular flexibility index (Phi) is 10.1. The minimum atomic E-state index is -0.912. The Morgan fingerprint density at radius 1 is 0.644 bits per heavy atom. The van der Waals surface area contributed by atoms with Crippen LogP contribution in [0.15, 0.2) is 51.4 Å². The van der Waals surface area contributed by atoms with Crippen LogP contribution >= 0.6 is 31.9 Å². The fraction of sp³-hybridized carbons (Fsp3) is 0.333. The first kappa shape index (κ1) is 33.5. The zero-order valence-electron chi connectivity index (χ0n) is 25.6. The second-order valence-electron chi connectivity index (χ2n) is 11.9. The molecule has 0 radical (unpaired) electrons. The Bertz CT molecular complexity index is 1720. The van der Waals surface area contributed by atoms with E-state index in [2.05, 4.69) is 50.9 Å². The number of aliphatic hydroxyl groups is 3. The predicted octanol–water partition coefficient (Wildman–Crippen LogP) is 9.30. The molecular weight excluding hydrogens is 710 g/mol. The van der Waals surface area contributed by atoms with Crippen molar-refractivity contribution in [1.82, 2.24) is 0 Å². The van der Waals surface area contributed by atoms with E-state index in [0.29, 0.717) is 11.1 Å². The van der Waals surface area contributed by atoms with Gasteiger partial charge in [-0.05, 0) is 114 Å². The topological polar surface area (TPSA) is 79.2 Å². The third-order valence-electron chi connectivity index (χ3n) is 8.81. The maximum Gasteiger partial charge on any atom is 0.231 e.